The maximum atomic E-state index is 12.3. The van der Waals surface area contributed by atoms with Crippen molar-refractivity contribution in [2.45, 2.75) is 57.4 Å². The summed E-state index contributed by atoms with van der Waals surface area (Å²) < 4.78 is 5.67. The molecule has 148 valence electrons. The number of amides is 1. The van der Waals surface area contributed by atoms with E-state index in [0.29, 0.717) is 13.1 Å². The zero-order chi connectivity index (χ0) is 16.8. The number of carbonyl (C=O) groups excluding carboxylic acids is 1. The van der Waals surface area contributed by atoms with Gasteiger partial charge in [-0.1, -0.05) is 30.7 Å². The summed E-state index contributed by atoms with van der Waals surface area (Å²) in [6.07, 6.45) is 5.27. The average Bonchev–Trinajstić information content (AvgIpc) is 3.11. The topological polar surface area (TPSA) is 67.6 Å². The Balaban J connectivity index is 0.00000169. The predicted molar refractivity (Wildman–Crippen MR) is 109 cm³/mol. The van der Waals surface area contributed by atoms with Crippen LogP contribution in [0.1, 0.15) is 43.2 Å². The second-order valence-electron chi connectivity index (χ2n) is 6.88. The van der Waals surface area contributed by atoms with Crippen LogP contribution < -0.4 is 11.1 Å². The number of hydrogen-bond acceptors (Lipinski definition) is 4. The molecule has 1 aromatic carbocycles. The molecule has 3 rings (SSSR count). The molecule has 0 radical (unpaired) electrons. The minimum absolute atomic E-state index is 0. The van der Waals surface area contributed by atoms with Crippen LogP contribution in [0.5, 0.6) is 0 Å². The minimum Gasteiger partial charge on any atom is -0.364 e. The van der Waals surface area contributed by atoms with Crippen molar-refractivity contribution in [2.24, 2.45) is 5.73 Å². The van der Waals surface area contributed by atoms with Gasteiger partial charge in [-0.05, 0) is 49.9 Å². The van der Waals surface area contributed by atoms with Gasteiger partial charge in [-0.3, -0.25) is 9.69 Å². The number of halogens is 2. The van der Waals surface area contributed by atoms with E-state index in [1.807, 2.05) is 6.07 Å². The van der Waals surface area contributed by atoms with Crippen molar-refractivity contribution in [1.29, 1.82) is 0 Å². The van der Waals surface area contributed by atoms with Crippen LogP contribution in [0.15, 0.2) is 24.3 Å². The van der Waals surface area contributed by atoms with Gasteiger partial charge in [0.25, 0.3) is 0 Å². The first kappa shape index (κ1) is 23.2. The fourth-order valence-corrected chi connectivity index (χ4v) is 3.61. The molecule has 2 fully saturated rings. The predicted octanol–water partition coefficient (Wildman–Crippen LogP) is 2.64. The van der Waals surface area contributed by atoms with Gasteiger partial charge in [0.2, 0.25) is 5.91 Å². The number of nitrogens with zero attached hydrogens (tertiary/aromatic N) is 1. The van der Waals surface area contributed by atoms with E-state index >= 15 is 0 Å². The first-order chi connectivity index (χ1) is 11.8. The van der Waals surface area contributed by atoms with Crippen LogP contribution in [0, 0.1) is 0 Å². The van der Waals surface area contributed by atoms with Crippen LogP contribution in [-0.2, 0) is 22.6 Å². The summed E-state index contributed by atoms with van der Waals surface area (Å²) in [5, 5.41) is 3.04. The normalized spacial score (nSPS) is 23.0. The van der Waals surface area contributed by atoms with Crippen molar-refractivity contribution in [3.8, 4) is 0 Å². The summed E-state index contributed by atoms with van der Waals surface area (Å²) in [5.74, 6) is -0.0151. The highest BCUT2D eigenvalue weighted by atomic mass is 35.5. The van der Waals surface area contributed by atoms with E-state index in [0.717, 1.165) is 19.4 Å². The Hall–Kier alpha value is -0.850. The third kappa shape index (κ3) is 6.39. The number of carbonyl (C=O) groups is 1. The molecule has 0 bridgehead atoms. The van der Waals surface area contributed by atoms with Gasteiger partial charge in [0.1, 0.15) is 6.10 Å². The molecule has 0 unspecified atom stereocenters. The Morgan fingerprint density at radius 3 is 2.46 bits per heavy atom. The van der Waals surface area contributed by atoms with Gasteiger partial charge >= 0.3 is 0 Å². The summed E-state index contributed by atoms with van der Waals surface area (Å²) in [7, 11) is 0. The Labute approximate surface area is 168 Å². The highest BCUT2D eigenvalue weighted by molar-refractivity contribution is 5.85. The summed E-state index contributed by atoms with van der Waals surface area (Å²) in [4.78, 5) is 14.8. The lowest BCUT2D eigenvalue weighted by Crippen LogP contribution is -2.35. The lowest BCUT2D eigenvalue weighted by molar-refractivity contribution is -0.132. The Bertz CT molecular complexity index is 553. The van der Waals surface area contributed by atoms with E-state index < -0.39 is 0 Å². The zero-order valence-corrected chi connectivity index (χ0v) is 16.8. The molecule has 26 heavy (non-hydrogen) atoms. The van der Waals surface area contributed by atoms with Gasteiger partial charge in [-0.2, -0.15) is 0 Å². The van der Waals surface area contributed by atoms with E-state index in [-0.39, 0.29) is 42.9 Å². The molecule has 2 aliphatic heterocycles. The van der Waals surface area contributed by atoms with E-state index in [9.17, 15) is 4.79 Å². The molecule has 2 aliphatic rings. The Kier molecular flexibility index (Phi) is 10.5. The third-order valence-corrected chi connectivity index (χ3v) is 5.08. The second-order valence-corrected chi connectivity index (χ2v) is 6.88. The smallest absolute Gasteiger partial charge is 0.249 e. The van der Waals surface area contributed by atoms with Gasteiger partial charge in [0.15, 0.2) is 0 Å². The summed E-state index contributed by atoms with van der Waals surface area (Å²) in [5.41, 5.74) is 8.12. The number of ether oxygens (including phenoxy) is 1. The van der Waals surface area contributed by atoms with Crippen LogP contribution in [0.2, 0.25) is 0 Å². The Morgan fingerprint density at radius 2 is 1.81 bits per heavy atom. The molecular formula is C19H31Cl2N3O2. The molecule has 2 heterocycles. The van der Waals surface area contributed by atoms with Crippen LogP contribution in [-0.4, -0.2) is 42.6 Å². The fraction of sp³-hybridized carbons (Fsp3) is 0.632. The summed E-state index contributed by atoms with van der Waals surface area (Å²) >= 11 is 0. The van der Waals surface area contributed by atoms with E-state index in [1.165, 1.54) is 43.5 Å². The van der Waals surface area contributed by atoms with Crippen LogP contribution >= 0.6 is 24.8 Å². The molecule has 2 atom stereocenters. The average molecular weight is 404 g/mol. The van der Waals surface area contributed by atoms with Crippen molar-refractivity contribution in [3.63, 3.8) is 0 Å². The maximum Gasteiger partial charge on any atom is 0.249 e. The largest absolute Gasteiger partial charge is 0.364 e. The zero-order valence-electron chi connectivity index (χ0n) is 15.2. The van der Waals surface area contributed by atoms with Crippen LogP contribution in [0.3, 0.4) is 0 Å². The van der Waals surface area contributed by atoms with E-state index in [1.54, 1.807) is 0 Å². The standard InChI is InChI=1S/C19H29N3O2.2ClH/c20-12-17-8-9-18(24-17)19(23)21-13-15-6-2-3-7-16(15)14-22-10-4-1-5-11-22;;/h2-3,6-7,17-18H,1,4-5,8-14,20H2,(H,21,23);2*1H/t17-,18+;;/m1../s1. The van der Waals surface area contributed by atoms with Crippen molar-refractivity contribution >= 4 is 30.7 Å². The van der Waals surface area contributed by atoms with Crippen molar-refractivity contribution in [3.05, 3.63) is 35.4 Å². The molecule has 0 aromatic heterocycles. The highest BCUT2D eigenvalue weighted by Crippen LogP contribution is 2.20. The first-order valence-corrected chi connectivity index (χ1v) is 9.18. The number of nitrogens with two attached hydrogens (primary N) is 1. The molecule has 7 heteroatoms. The van der Waals surface area contributed by atoms with Crippen molar-refractivity contribution in [2.75, 3.05) is 19.6 Å². The van der Waals surface area contributed by atoms with Crippen LogP contribution in [0.4, 0.5) is 0 Å². The maximum absolute atomic E-state index is 12.3. The van der Waals surface area contributed by atoms with Gasteiger partial charge in [-0.25, -0.2) is 0 Å². The van der Waals surface area contributed by atoms with Gasteiger partial charge in [-0.15, -0.1) is 24.8 Å². The molecular weight excluding hydrogens is 373 g/mol. The lowest BCUT2D eigenvalue weighted by Gasteiger charge is -2.27. The first-order valence-electron chi connectivity index (χ1n) is 9.18. The lowest BCUT2D eigenvalue weighted by atomic mass is 10.0. The molecule has 1 aromatic rings. The molecule has 0 aliphatic carbocycles. The molecule has 0 saturated carbocycles. The monoisotopic (exact) mass is 403 g/mol. The molecule has 5 nitrogen and oxygen atoms in total. The van der Waals surface area contributed by atoms with Gasteiger partial charge < -0.3 is 15.8 Å². The van der Waals surface area contributed by atoms with E-state index in [4.69, 9.17) is 10.5 Å². The van der Waals surface area contributed by atoms with Crippen molar-refractivity contribution < 1.29 is 9.53 Å². The number of benzene rings is 1. The molecule has 1 amide bonds. The third-order valence-electron chi connectivity index (χ3n) is 5.08. The summed E-state index contributed by atoms with van der Waals surface area (Å²) in [6.45, 7) is 4.38. The van der Waals surface area contributed by atoms with Crippen molar-refractivity contribution in [1.82, 2.24) is 10.2 Å². The molecule has 2 saturated heterocycles. The second kappa shape index (κ2) is 11.8. The number of likely N-dealkylation sites (tertiary alicyclic amines) is 1. The fourth-order valence-electron chi connectivity index (χ4n) is 3.61. The molecule has 3 N–H and O–H groups in total. The van der Waals surface area contributed by atoms with Gasteiger partial charge in [0, 0.05) is 19.6 Å². The minimum atomic E-state index is -0.340. The Morgan fingerprint density at radius 1 is 1.12 bits per heavy atom. The van der Waals surface area contributed by atoms with Gasteiger partial charge in [0.05, 0.1) is 6.10 Å². The number of hydrogen-bond donors (Lipinski definition) is 2. The van der Waals surface area contributed by atoms with Crippen LogP contribution in [0.25, 0.3) is 0 Å². The van der Waals surface area contributed by atoms with E-state index in [2.05, 4.69) is 28.4 Å². The SMILES string of the molecule is Cl.Cl.NC[C@H]1CC[C@@H](C(=O)NCc2ccccc2CN2CCCCC2)O1. The highest BCUT2D eigenvalue weighted by Gasteiger charge is 2.29. The number of nitrogens with one attached hydrogen (secondary N) is 1. The molecule has 0 spiro atoms. The number of piperidine rings is 1. The quantitative estimate of drug-likeness (QED) is 0.765. The number of rotatable bonds is 6. The summed E-state index contributed by atoms with van der Waals surface area (Å²) in [6, 6.07) is 8.40.